The van der Waals surface area contributed by atoms with E-state index in [1.165, 1.54) is 5.56 Å². The molecular weight excluding hydrogens is 242 g/mol. The average molecular weight is 261 g/mol. The van der Waals surface area contributed by atoms with Crippen molar-refractivity contribution < 1.29 is 10.0 Å². The Bertz CT molecular complexity index is 511. The zero-order valence-corrected chi connectivity index (χ0v) is 11.2. The van der Waals surface area contributed by atoms with Gasteiger partial charge in [-0.2, -0.15) is 0 Å². The zero-order chi connectivity index (χ0) is 14.0. The number of benzene rings is 1. The summed E-state index contributed by atoms with van der Waals surface area (Å²) in [6.07, 6.45) is 0.772. The van der Waals surface area contributed by atoms with Crippen molar-refractivity contribution in [1.29, 1.82) is 0 Å². The fraction of sp³-hybridized carbons (Fsp3) is 0.429. The Kier molecular flexibility index (Phi) is 3.74. The highest BCUT2D eigenvalue weighted by Crippen LogP contribution is 2.36. The van der Waals surface area contributed by atoms with Crippen LogP contribution in [0, 0.1) is 0 Å². The summed E-state index contributed by atoms with van der Waals surface area (Å²) in [7, 11) is 0. The number of hydrogen-bond acceptors (Lipinski definition) is 3. The van der Waals surface area contributed by atoms with Crippen molar-refractivity contribution in [2.45, 2.75) is 32.2 Å². The summed E-state index contributed by atoms with van der Waals surface area (Å²) < 4.78 is 0. The minimum atomic E-state index is -0.0925. The van der Waals surface area contributed by atoms with Gasteiger partial charge in [0.05, 0.1) is 12.5 Å². The van der Waals surface area contributed by atoms with Gasteiger partial charge in [-0.3, -0.25) is 4.79 Å². The minimum Gasteiger partial charge on any atom is -0.409 e. The van der Waals surface area contributed by atoms with E-state index < -0.39 is 0 Å². The van der Waals surface area contributed by atoms with E-state index in [0.717, 1.165) is 12.0 Å². The standard InChI is InChI=1S/C14H19N3O2/c1-9(2)17(8-13(15)16-19)14(18)12-7-10-5-3-4-6-11(10)12/h3-6,9,12,19H,7-8H2,1-2H3,(H2,15,16). The van der Waals surface area contributed by atoms with Crippen LogP contribution in [0.2, 0.25) is 0 Å². The number of rotatable bonds is 4. The van der Waals surface area contributed by atoms with Crippen LogP contribution in [0.3, 0.4) is 0 Å². The molecular formula is C14H19N3O2. The number of oxime groups is 1. The third-order valence-electron chi connectivity index (χ3n) is 3.52. The van der Waals surface area contributed by atoms with E-state index in [1.807, 2.05) is 38.1 Å². The molecule has 0 aliphatic heterocycles. The number of nitrogens with zero attached hydrogens (tertiary/aromatic N) is 2. The van der Waals surface area contributed by atoms with Crippen molar-refractivity contribution in [2.24, 2.45) is 10.9 Å². The third-order valence-corrected chi connectivity index (χ3v) is 3.52. The summed E-state index contributed by atoms with van der Waals surface area (Å²) in [5.74, 6) is 0.0000477. The first-order valence-corrected chi connectivity index (χ1v) is 6.39. The first-order valence-electron chi connectivity index (χ1n) is 6.39. The molecule has 0 fully saturated rings. The third kappa shape index (κ3) is 2.54. The van der Waals surface area contributed by atoms with E-state index in [2.05, 4.69) is 5.16 Å². The Labute approximate surface area is 112 Å². The SMILES string of the molecule is CC(C)N(CC(N)=NO)C(=O)C1Cc2ccccc21. The second kappa shape index (κ2) is 5.30. The Morgan fingerprint density at radius 2 is 2.21 bits per heavy atom. The highest BCUT2D eigenvalue weighted by Gasteiger charge is 2.35. The zero-order valence-electron chi connectivity index (χ0n) is 11.2. The van der Waals surface area contributed by atoms with Crippen LogP contribution < -0.4 is 5.73 Å². The van der Waals surface area contributed by atoms with Crippen LogP contribution in [0.1, 0.15) is 30.9 Å². The molecule has 0 bridgehead atoms. The van der Waals surface area contributed by atoms with E-state index >= 15 is 0 Å². The van der Waals surface area contributed by atoms with E-state index in [1.54, 1.807) is 4.90 Å². The lowest BCUT2D eigenvalue weighted by Crippen LogP contribution is -2.47. The lowest BCUT2D eigenvalue weighted by atomic mass is 9.76. The first-order chi connectivity index (χ1) is 9.04. The van der Waals surface area contributed by atoms with Crippen molar-refractivity contribution in [3.8, 4) is 0 Å². The van der Waals surface area contributed by atoms with Gasteiger partial charge in [0.2, 0.25) is 5.91 Å². The van der Waals surface area contributed by atoms with Gasteiger partial charge >= 0.3 is 0 Å². The van der Waals surface area contributed by atoms with Crippen LogP contribution in [0.4, 0.5) is 0 Å². The van der Waals surface area contributed by atoms with E-state index in [-0.39, 0.29) is 30.2 Å². The molecule has 102 valence electrons. The molecule has 1 unspecified atom stereocenters. The van der Waals surface area contributed by atoms with E-state index in [9.17, 15) is 4.79 Å². The lowest BCUT2D eigenvalue weighted by molar-refractivity contribution is -0.134. The van der Waals surface area contributed by atoms with Gasteiger partial charge in [0.1, 0.15) is 0 Å². The molecule has 5 nitrogen and oxygen atoms in total. The van der Waals surface area contributed by atoms with Crippen molar-refractivity contribution in [3.63, 3.8) is 0 Å². The Balaban J connectivity index is 2.14. The van der Waals surface area contributed by atoms with Crippen molar-refractivity contribution >= 4 is 11.7 Å². The molecule has 5 heteroatoms. The number of carbonyl (C=O) groups is 1. The molecule has 19 heavy (non-hydrogen) atoms. The number of fused-ring (bicyclic) bond motifs is 1. The number of hydrogen-bond donors (Lipinski definition) is 2. The molecule has 0 heterocycles. The Morgan fingerprint density at radius 3 is 2.79 bits per heavy atom. The van der Waals surface area contributed by atoms with Gasteiger partial charge in [-0.25, -0.2) is 0 Å². The molecule has 2 rings (SSSR count). The van der Waals surface area contributed by atoms with Gasteiger partial charge < -0.3 is 15.8 Å². The van der Waals surface area contributed by atoms with Crippen molar-refractivity contribution in [1.82, 2.24) is 4.90 Å². The van der Waals surface area contributed by atoms with Crippen LogP contribution in [-0.2, 0) is 11.2 Å². The van der Waals surface area contributed by atoms with Crippen LogP contribution in [0.5, 0.6) is 0 Å². The maximum atomic E-state index is 12.5. The molecule has 1 atom stereocenters. The second-order valence-electron chi connectivity index (χ2n) is 5.11. The molecule has 0 radical (unpaired) electrons. The van der Waals surface area contributed by atoms with Crippen molar-refractivity contribution in [2.75, 3.05) is 6.54 Å². The summed E-state index contributed by atoms with van der Waals surface area (Å²) in [4.78, 5) is 14.2. The van der Waals surface area contributed by atoms with E-state index in [4.69, 9.17) is 10.9 Å². The normalized spacial score (nSPS) is 17.8. The van der Waals surface area contributed by atoms with Crippen molar-refractivity contribution in [3.05, 3.63) is 35.4 Å². The van der Waals surface area contributed by atoms with Gasteiger partial charge in [-0.15, -0.1) is 0 Å². The molecule has 0 saturated heterocycles. The maximum Gasteiger partial charge on any atom is 0.231 e. The summed E-state index contributed by atoms with van der Waals surface area (Å²) in [5, 5.41) is 11.6. The van der Waals surface area contributed by atoms with E-state index in [0.29, 0.717) is 0 Å². The molecule has 3 N–H and O–H groups in total. The highest BCUT2D eigenvalue weighted by atomic mass is 16.4. The number of amidine groups is 1. The molecule has 1 aliphatic rings. The Morgan fingerprint density at radius 1 is 1.53 bits per heavy atom. The second-order valence-corrected chi connectivity index (χ2v) is 5.11. The fourth-order valence-corrected chi connectivity index (χ4v) is 2.40. The van der Waals surface area contributed by atoms with Crippen LogP contribution in [0.15, 0.2) is 29.4 Å². The molecule has 0 saturated carbocycles. The van der Waals surface area contributed by atoms with Crippen LogP contribution in [-0.4, -0.2) is 34.4 Å². The molecule has 1 aromatic carbocycles. The van der Waals surface area contributed by atoms with Gasteiger partial charge in [0, 0.05) is 6.04 Å². The number of amides is 1. The summed E-state index contributed by atoms with van der Waals surface area (Å²) >= 11 is 0. The minimum absolute atomic E-state index is 0.0144. The maximum absolute atomic E-state index is 12.5. The smallest absolute Gasteiger partial charge is 0.231 e. The Hall–Kier alpha value is -2.04. The quantitative estimate of drug-likeness (QED) is 0.371. The van der Waals surface area contributed by atoms with Crippen LogP contribution >= 0.6 is 0 Å². The van der Waals surface area contributed by atoms with Gasteiger partial charge in [-0.05, 0) is 31.4 Å². The van der Waals surface area contributed by atoms with Gasteiger partial charge in [0.25, 0.3) is 0 Å². The highest BCUT2D eigenvalue weighted by molar-refractivity contribution is 5.91. The predicted molar refractivity (Wildman–Crippen MR) is 73.1 cm³/mol. The molecule has 1 amide bonds. The number of carbonyl (C=O) groups excluding carboxylic acids is 1. The van der Waals surface area contributed by atoms with Gasteiger partial charge in [-0.1, -0.05) is 29.4 Å². The summed E-state index contributed by atoms with van der Waals surface area (Å²) in [6, 6.07) is 7.98. The lowest BCUT2D eigenvalue weighted by Gasteiger charge is -2.35. The van der Waals surface area contributed by atoms with Crippen LogP contribution in [0.25, 0.3) is 0 Å². The monoisotopic (exact) mass is 261 g/mol. The topological polar surface area (TPSA) is 78.9 Å². The molecule has 0 aromatic heterocycles. The molecule has 1 aromatic rings. The average Bonchev–Trinajstić information content (AvgIpc) is 2.36. The molecule has 0 spiro atoms. The first kappa shape index (κ1) is 13.4. The summed E-state index contributed by atoms with van der Waals surface area (Å²) in [5.41, 5.74) is 7.83. The molecule has 1 aliphatic carbocycles. The summed E-state index contributed by atoms with van der Waals surface area (Å²) in [6.45, 7) is 4.01. The fourth-order valence-electron chi connectivity index (χ4n) is 2.40. The number of nitrogens with two attached hydrogens (primary N) is 1. The largest absolute Gasteiger partial charge is 0.409 e. The van der Waals surface area contributed by atoms with Gasteiger partial charge in [0.15, 0.2) is 5.84 Å². The predicted octanol–water partition coefficient (Wildman–Crippen LogP) is 1.31.